The molecule has 16 heteroatoms. The van der Waals surface area contributed by atoms with Gasteiger partial charge in [-0.3, -0.25) is 19.4 Å². The first-order chi connectivity index (χ1) is 25.0. The van der Waals surface area contributed by atoms with Gasteiger partial charge >= 0.3 is 12.1 Å². The van der Waals surface area contributed by atoms with Crippen molar-refractivity contribution < 1.29 is 50.6 Å². The average Bonchev–Trinajstić information content (AvgIpc) is 3.60. The third-order valence-corrected chi connectivity index (χ3v) is 11.0. The number of ether oxygens (including phenoxy) is 1. The zero-order valence-electron chi connectivity index (χ0n) is 29.0. The van der Waals surface area contributed by atoms with Crippen LogP contribution in [0.5, 0.6) is 5.75 Å². The first-order valence-corrected chi connectivity index (χ1v) is 18.0. The summed E-state index contributed by atoms with van der Waals surface area (Å²) in [5.41, 5.74) is -3.62. The SMILES string of the molecule is CCC[C@H]1N(C(=O)c2ncccc2C(C)(F)F)CCC[C@@]1(Oc1csc(C(F)(F)F)c1)C(=O)N1CCC(C#N)(c2cc(F)ccc2CCC(=O)O)CC1. The van der Waals surface area contributed by atoms with Gasteiger partial charge in [0.25, 0.3) is 17.7 Å². The van der Waals surface area contributed by atoms with Gasteiger partial charge in [0.05, 0.1) is 23.1 Å². The van der Waals surface area contributed by atoms with Crippen LogP contribution in [0.2, 0.25) is 0 Å². The average molecular weight is 765 g/mol. The van der Waals surface area contributed by atoms with Gasteiger partial charge in [-0.15, -0.1) is 11.3 Å². The predicted octanol–water partition coefficient (Wildman–Crippen LogP) is 7.74. The number of benzene rings is 1. The van der Waals surface area contributed by atoms with Gasteiger partial charge in [-0.25, -0.2) is 13.2 Å². The van der Waals surface area contributed by atoms with Gasteiger partial charge in [-0.2, -0.15) is 18.4 Å². The second kappa shape index (κ2) is 15.4. The van der Waals surface area contributed by atoms with Gasteiger partial charge in [0.1, 0.15) is 22.1 Å². The van der Waals surface area contributed by atoms with E-state index < -0.39 is 68.9 Å². The van der Waals surface area contributed by atoms with Crippen molar-refractivity contribution in [3.63, 3.8) is 0 Å². The maximum Gasteiger partial charge on any atom is 0.425 e. The summed E-state index contributed by atoms with van der Waals surface area (Å²) >= 11 is 0.371. The van der Waals surface area contributed by atoms with E-state index in [4.69, 9.17) is 4.74 Å². The molecule has 3 aromatic rings. The number of pyridine rings is 1. The molecule has 2 saturated heterocycles. The Morgan fingerprint density at radius 2 is 1.81 bits per heavy atom. The van der Waals surface area contributed by atoms with Gasteiger partial charge in [0.2, 0.25) is 5.60 Å². The van der Waals surface area contributed by atoms with E-state index in [1.54, 1.807) is 6.92 Å². The van der Waals surface area contributed by atoms with Crippen LogP contribution in [0, 0.1) is 17.1 Å². The fourth-order valence-electron chi connectivity index (χ4n) is 7.46. The minimum absolute atomic E-state index is 0.00941. The largest absolute Gasteiger partial charge is 0.481 e. The lowest BCUT2D eigenvalue weighted by Crippen LogP contribution is -2.68. The van der Waals surface area contributed by atoms with E-state index in [0.29, 0.717) is 35.8 Å². The van der Waals surface area contributed by atoms with Gasteiger partial charge in [-0.1, -0.05) is 19.4 Å². The van der Waals surface area contributed by atoms with Crippen molar-refractivity contribution in [3.8, 4) is 11.8 Å². The number of aliphatic carboxylic acids is 1. The molecule has 0 saturated carbocycles. The van der Waals surface area contributed by atoms with Crippen LogP contribution < -0.4 is 4.74 Å². The molecule has 2 fully saturated rings. The molecule has 5 rings (SSSR count). The number of halogens is 6. The van der Waals surface area contributed by atoms with Crippen molar-refractivity contribution in [2.75, 3.05) is 19.6 Å². The molecule has 4 heterocycles. The van der Waals surface area contributed by atoms with E-state index in [2.05, 4.69) is 11.1 Å². The molecule has 2 aliphatic heterocycles. The lowest BCUT2D eigenvalue weighted by atomic mass is 9.71. The van der Waals surface area contributed by atoms with Crippen LogP contribution in [0.15, 0.2) is 48.0 Å². The Hall–Kier alpha value is -4.65. The summed E-state index contributed by atoms with van der Waals surface area (Å²) in [5.74, 6) is -6.94. The Kier molecular flexibility index (Phi) is 11.5. The molecule has 0 bridgehead atoms. The smallest absolute Gasteiger partial charge is 0.425 e. The van der Waals surface area contributed by atoms with Crippen molar-refractivity contribution in [1.29, 1.82) is 5.26 Å². The molecule has 2 atom stereocenters. The second-order valence-corrected chi connectivity index (χ2v) is 14.4. The molecular formula is C37H38F6N4O5S. The normalized spacial score (nSPS) is 20.5. The number of aryl methyl sites for hydroxylation is 1. The quantitative estimate of drug-likeness (QED) is 0.198. The van der Waals surface area contributed by atoms with Crippen molar-refractivity contribution in [1.82, 2.24) is 14.8 Å². The Labute approximate surface area is 306 Å². The van der Waals surface area contributed by atoms with Crippen LogP contribution in [-0.2, 0) is 33.5 Å². The summed E-state index contributed by atoms with van der Waals surface area (Å²) in [5, 5.41) is 20.8. The molecule has 0 radical (unpaired) electrons. The third-order valence-electron chi connectivity index (χ3n) is 10.00. The number of amides is 2. The summed E-state index contributed by atoms with van der Waals surface area (Å²) in [6, 6.07) is 8.09. The number of alkyl halides is 5. The first-order valence-electron chi connectivity index (χ1n) is 17.2. The zero-order chi connectivity index (χ0) is 38.8. The number of carbonyl (C=O) groups excluding carboxylic acids is 2. The number of hydrogen-bond donors (Lipinski definition) is 1. The summed E-state index contributed by atoms with van der Waals surface area (Å²) < 4.78 is 91.3. The van der Waals surface area contributed by atoms with E-state index >= 15 is 0 Å². The fraction of sp³-hybridized carbons (Fsp3) is 0.486. The highest BCUT2D eigenvalue weighted by atomic mass is 32.1. The van der Waals surface area contributed by atoms with Crippen LogP contribution >= 0.6 is 11.3 Å². The molecule has 9 nitrogen and oxygen atoms in total. The molecule has 1 aromatic carbocycles. The first kappa shape index (κ1) is 39.6. The summed E-state index contributed by atoms with van der Waals surface area (Å²) in [7, 11) is 0. The number of nitriles is 1. The van der Waals surface area contributed by atoms with Crippen LogP contribution in [0.3, 0.4) is 0 Å². The van der Waals surface area contributed by atoms with Crippen molar-refractivity contribution in [2.24, 2.45) is 0 Å². The molecular weight excluding hydrogens is 726 g/mol. The molecule has 2 aliphatic rings. The predicted molar refractivity (Wildman–Crippen MR) is 181 cm³/mol. The second-order valence-electron chi connectivity index (χ2n) is 13.5. The van der Waals surface area contributed by atoms with E-state index in [-0.39, 0.29) is 70.3 Å². The van der Waals surface area contributed by atoms with Gasteiger partial charge < -0.3 is 19.6 Å². The number of aromatic nitrogens is 1. The Morgan fingerprint density at radius 3 is 2.42 bits per heavy atom. The topological polar surface area (TPSA) is 124 Å². The number of hydrogen-bond acceptors (Lipinski definition) is 7. The highest BCUT2D eigenvalue weighted by molar-refractivity contribution is 7.10. The Balaban J connectivity index is 1.54. The van der Waals surface area contributed by atoms with Gasteiger partial charge in [-0.05, 0) is 67.5 Å². The highest BCUT2D eigenvalue weighted by Crippen LogP contribution is 2.44. The summed E-state index contributed by atoms with van der Waals surface area (Å²) in [6.07, 6.45) is -3.11. The molecule has 0 spiro atoms. The number of thiophene rings is 1. The van der Waals surface area contributed by atoms with E-state index in [0.717, 1.165) is 17.5 Å². The minimum Gasteiger partial charge on any atom is -0.481 e. The molecule has 2 amide bonds. The van der Waals surface area contributed by atoms with E-state index in [1.165, 1.54) is 40.3 Å². The number of rotatable bonds is 11. The lowest BCUT2D eigenvalue weighted by Gasteiger charge is -2.51. The van der Waals surface area contributed by atoms with Crippen molar-refractivity contribution in [2.45, 2.75) is 94.4 Å². The maximum atomic E-state index is 14.9. The van der Waals surface area contributed by atoms with E-state index in [1.807, 2.05) is 0 Å². The van der Waals surface area contributed by atoms with Gasteiger partial charge in [0, 0.05) is 57.0 Å². The van der Waals surface area contributed by atoms with Crippen LogP contribution in [0.1, 0.15) is 90.8 Å². The summed E-state index contributed by atoms with van der Waals surface area (Å²) in [6.45, 7) is 2.30. The number of carboxylic acids is 1. The van der Waals surface area contributed by atoms with Crippen molar-refractivity contribution >= 4 is 29.1 Å². The van der Waals surface area contributed by atoms with Gasteiger partial charge in [0.15, 0.2) is 0 Å². The number of carbonyl (C=O) groups is 3. The standard InChI is InChI=1S/C37H38F6N4O5S/c1-3-6-28-36(52-25-20-29(53-21-25)37(41,42)43,12-5-16-47(28)32(50)31-26(34(2,39)40)7-4-15-45-31)33(51)46-17-13-35(22-44,14-18-46)27-19-24(38)10-8-23(27)9-11-30(48)49/h4,7-8,10,15,19-21,28H,3,5-6,9,11-14,16-18H2,1-2H3,(H,48,49)/t28-,36+/m1/s1. The number of likely N-dealkylation sites (tertiary alicyclic amines) is 2. The Bertz CT molecular complexity index is 1880. The molecule has 1 N–H and O–H groups in total. The molecule has 53 heavy (non-hydrogen) atoms. The lowest BCUT2D eigenvalue weighted by molar-refractivity contribution is -0.160. The number of nitrogens with zero attached hydrogens (tertiary/aromatic N) is 4. The molecule has 2 aromatic heterocycles. The minimum atomic E-state index is -4.70. The monoisotopic (exact) mass is 764 g/mol. The Morgan fingerprint density at radius 1 is 1.09 bits per heavy atom. The number of carboxylic acid groups (broad SMARTS) is 1. The summed E-state index contributed by atoms with van der Waals surface area (Å²) in [4.78, 5) is 46.1. The van der Waals surface area contributed by atoms with Crippen LogP contribution in [-0.4, -0.2) is 69.0 Å². The third kappa shape index (κ3) is 8.14. The zero-order valence-corrected chi connectivity index (χ0v) is 29.8. The number of piperidine rings is 2. The van der Waals surface area contributed by atoms with Crippen LogP contribution in [0.25, 0.3) is 0 Å². The molecule has 284 valence electrons. The molecule has 0 unspecified atom stereocenters. The molecule has 0 aliphatic carbocycles. The van der Waals surface area contributed by atoms with E-state index in [9.17, 15) is 51.1 Å². The van der Waals surface area contributed by atoms with Crippen LogP contribution in [0.4, 0.5) is 26.3 Å². The fourth-order valence-corrected chi connectivity index (χ4v) is 8.13. The maximum absolute atomic E-state index is 14.9. The highest BCUT2D eigenvalue weighted by Gasteiger charge is 2.56. The van der Waals surface area contributed by atoms with Crippen molar-refractivity contribution in [3.05, 3.63) is 81.1 Å².